The zero-order valence-corrected chi connectivity index (χ0v) is 10.9. The summed E-state index contributed by atoms with van der Waals surface area (Å²) in [6.45, 7) is 0. The van der Waals surface area contributed by atoms with Gasteiger partial charge in [-0.3, -0.25) is 0 Å². The van der Waals surface area contributed by atoms with Crippen molar-refractivity contribution in [2.24, 2.45) is 0 Å². The van der Waals surface area contributed by atoms with Crippen LogP contribution in [0, 0.1) is 0 Å². The molecule has 0 aromatic heterocycles. The minimum Gasteiger partial charge on any atom is -0.207 e. The van der Waals surface area contributed by atoms with Crippen molar-refractivity contribution in [3.8, 4) is 0 Å². The minimum absolute atomic E-state index is 0.228. The molecule has 2 rings (SSSR count). The highest BCUT2D eigenvalue weighted by Crippen LogP contribution is 2.23. The van der Waals surface area contributed by atoms with E-state index in [-0.39, 0.29) is 9.79 Å². The lowest BCUT2D eigenvalue weighted by atomic mass is 10.4. The molecule has 0 unspecified atom stereocenters. The Morgan fingerprint density at radius 2 is 0.778 bits per heavy atom. The summed E-state index contributed by atoms with van der Waals surface area (Å²) in [6.07, 6.45) is 0. The van der Waals surface area contributed by atoms with E-state index in [0.717, 1.165) is 0 Å². The predicted octanol–water partition coefficient (Wildman–Crippen LogP) is 1.85. The largest absolute Gasteiger partial charge is 0.286 e. The Morgan fingerprint density at radius 1 is 0.500 bits per heavy atom. The quantitative estimate of drug-likeness (QED) is 0.806. The Labute approximate surface area is 105 Å². The molecule has 0 saturated heterocycles. The molecule has 94 valence electrons. The summed E-state index contributed by atoms with van der Waals surface area (Å²) < 4.78 is 48.3. The molecule has 0 fully saturated rings. The molecular weight excluding hydrogens is 272 g/mol. The molecule has 0 aliphatic rings. The number of benzene rings is 2. The van der Waals surface area contributed by atoms with Crippen molar-refractivity contribution in [3.05, 3.63) is 60.7 Å². The van der Waals surface area contributed by atoms with E-state index in [4.69, 9.17) is 0 Å². The fourth-order valence-corrected chi connectivity index (χ4v) is 5.10. The summed E-state index contributed by atoms with van der Waals surface area (Å²) >= 11 is 0. The summed E-state index contributed by atoms with van der Waals surface area (Å²) in [7, 11) is -8.84. The Hall–Kier alpha value is -1.66. The van der Waals surface area contributed by atoms with Crippen LogP contribution >= 0.6 is 0 Å². The van der Waals surface area contributed by atoms with Crippen LogP contribution in [-0.2, 0) is 17.7 Å². The standard InChI is InChI=1S/C12H10O4S2/c13-17(14,11-7-3-1-4-8-11)18(15,16)12-9-5-2-6-10-12/h1-10H. The van der Waals surface area contributed by atoms with Crippen molar-refractivity contribution >= 4 is 17.7 Å². The van der Waals surface area contributed by atoms with Crippen LogP contribution in [0.5, 0.6) is 0 Å². The van der Waals surface area contributed by atoms with Gasteiger partial charge in [0.1, 0.15) is 0 Å². The van der Waals surface area contributed by atoms with Gasteiger partial charge >= 0.3 is 0 Å². The van der Waals surface area contributed by atoms with Gasteiger partial charge < -0.3 is 0 Å². The fourth-order valence-electron chi connectivity index (χ4n) is 1.43. The van der Waals surface area contributed by atoms with Crippen LogP contribution in [0.1, 0.15) is 0 Å². The second-order valence-electron chi connectivity index (χ2n) is 3.53. The third-order valence-corrected chi connectivity index (χ3v) is 7.52. The number of hydrogen-bond donors (Lipinski definition) is 0. The van der Waals surface area contributed by atoms with E-state index in [9.17, 15) is 16.8 Å². The molecule has 0 aliphatic heterocycles. The van der Waals surface area contributed by atoms with Gasteiger partial charge in [-0.05, 0) is 24.3 Å². The fraction of sp³-hybridized carbons (Fsp3) is 0. The highest BCUT2D eigenvalue weighted by Gasteiger charge is 2.33. The number of hydrogen-bond acceptors (Lipinski definition) is 4. The van der Waals surface area contributed by atoms with Crippen LogP contribution in [0.2, 0.25) is 0 Å². The summed E-state index contributed by atoms with van der Waals surface area (Å²) in [5.74, 6) is 0. The lowest BCUT2D eigenvalue weighted by Gasteiger charge is -2.05. The van der Waals surface area contributed by atoms with Crippen molar-refractivity contribution < 1.29 is 16.8 Å². The van der Waals surface area contributed by atoms with Gasteiger partial charge in [-0.15, -0.1) is 0 Å². The maximum absolute atomic E-state index is 12.1. The van der Waals surface area contributed by atoms with Gasteiger partial charge in [-0.2, -0.15) is 0 Å². The SMILES string of the molecule is O=S(=O)(c1ccccc1)S(=O)(=O)c1ccccc1. The maximum Gasteiger partial charge on any atom is 0.286 e. The first-order valence-electron chi connectivity index (χ1n) is 5.06. The van der Waals surface area contributed by atoms with Crippen LogP contribution in [0.15, 0.2) is 70.5 Å². The molecule has 0 radical (unpaired) electrons. The van der Waals surface area contributed by atoms with E-state index < -0.39 is 17.7 Å². The average molecular weight is 282 g/mol. The summed E-state index contributed by atoms with van der Waals surface area (Å²) in [5.41, 5.74) is 0. The van der Waals surface area contributed by atoms with Crippen LogP contribution in [-0.4, -0.2) is 16.8 Å². The van der Waals surface area contributed by atoms with Gasteiger partial charge in [0.15, 0.2) is 0 Å². The zero-order valence-electron chi connectivity index (χ0n) is 9.22. The topological polar surface area (TPSA) is 68.3 Å². The van der Waals surface area contributed by atoms with Crippen molar-refractivity contribution in [2.45, 2.75) is 9.79 Å². The van der Waals surface area contributed by atoms with E-state index in [1.54, 1.807) is 12.1 Å². The lowest BCUT2D eigenvalue weighted by Crippen LogP contribution is -2.15. The first-order chi connectivity index (χ1) is 8.46. The molecule has 2 aromatic carbocycles. The molecule has 4 nitrogen and oxygen atoms in total. The second-order valence-corrected chi connectivity index (χ2v) is 8.93. The maximum atomic E-state index is 12.1. The highest BCUT2D eigenvalue weighted by molar-refractivity contribution is 8.67. The van der Waals surface area contributed by atoms with Crippen molar-refractivity contribution in [2.75, 3.05) is 0 Å². The molecule has 0 spiro atoms. The van der Waals surface area contributed by atoms with E-state index >= 15 is 0 Å². The van der Waals surface area contributed by atoms with E-state index in [2.05, 4.69) is 0 Å². The van der Waals surface area contributed by atoms with E-state index in [0.29, 0.717) is 0 Å². The summed E-state index contributed by atoms with van der Waals surface area (Å²) in [5, 5.41) is 0. The first-order valence-corrected chi connectivity index (χ1v) is 8.55. The van der Waals surface area contributed by atoms with Crippen LogP contribution in [0.3, 0.4) is 0 Å². The monoisotopic (exact) mass is 282 g/mol. The van der Waals surface area contributed by atoms with Gasteiger partial charge in [-0.1, -0.05) is 36.4 Å². The molecule has 18 heavy (non-hydrogen) atoms. The Balaban J connectivity index is 2.63. The lowest BCUT2D eigenvalue weighted by molar-refractivity contribution is 0.582. The summed E-state index contributed by atoms with van der Waals surface area (Å²) in [4.78, 5) is -0.456. The molecule has 6 heteroatoms. The van der Waals surface area contributed by atoms with Gasteiger partial charge in [0.2, 0.25) is 0 Å². The average Bonchev–Trinajstić information content (AvgIpc) is 2.40. The molecule has 0 bridgehead atoms. The van der Waals surface area contributed by atoms with Crippen LogP contribution in [0.4, 0.5) is 0 Å². The molecule has 0 saturated carbocycles. The predicted molar refractivity (Wildman–Crippen MR) is 67.3 cm³/mol. The van der Waals surface area contributed by atoms with Crippen molar-refractivity contribution in [1.82, 2.24) is 0 Å². The van der Waals surface area contributed by atoms with E-state index in [1.165, 1.54) is 48.5 Å². The normalized spacial score (nSPS) is 12.2. The van der Waals surface area contributed by atoms with Crippen LogP contribution in [0.25, 0.3) is 0 Å². The Bertz CT molecular complexity index is 666. The Kier molecular flexibility index (Phi) is 3.23. The third-order valence-electron chi connectivity index (χ3n) is 2.35. The van der Waals surface area contributed by atoms with E-state index in [1.807, 2.05) is 0 Å². The Morgan fingerprint density at radius 3 is 1.06 bits per heavy atom. The molecule has 0 N–H and O–H groups in total. The van der Waals surface area contributed by atoms with Gasteiger partial charge in [0.05, 0.1) is 9.79 Å². The molecular formula is C12H10O4S2. The van der Waals surface area contributed by atoms with Crippen molar-refractivity contribution in [3.63, 3.8) is 0 Å². The minimum atomic E-state index is -4.42. The second kappa shape index (κ2) is 4.55. The van der Waals surface area contributed by atoms with Gasteiger partial charge in [0, 0.05) is 0 Å². The summed E-state index contributed by atoms with van der Waals surface area (Å²) in [6, 6.07) is 14.2. The van der Waals surface area contributed by atoms with Gasteiger partial charge in [-0.25, -0.2) is 16.8 Å². The smallest absolute Gasteiger partial charge is 0.207 e. The van der Waals surface area contributed by atoms with Gasteiger partial charge in [0.25, 0.3) is 17.7 Å². The number of rotatable bonds is 3. The van der Waals surface area contributed by atoms with Crippen LogP contribution < -0.4 is 0 Å². The zero-order chi connectivity index (χ0) is 13.2. The first kappa shape index (κ1) is 12.8. The molecule has 0 amide bonds. The highest BCUT2D eigenvalue weighted by atomic mass is 33.2. The molecule has 2 aromatic rings. The molecule has 0 heterocycles. The third kappa shape index (κ3) is 2.04. The molecule has 0 aliphatic carbocycles. The molecule has 0 atom stereocenters. The van der Waals surface area contributed by atoms with Crippen molar-refractivity contribution in [1.29, 1.82) is 0 Å².